The van der Waals surface area contributed by atoms with Gasteiger partial charge in [0.05, 0.1) is 7.11 Å². The van der Waals surface area contributed by atoms with Gasteiger partial charge in [-0.3, -0.25) is 0 Å². The van der Waals surface area contributed by atoms with Crippen molar-refractivity contribution in [3.8, 4) is 11.5 Å². The minimum absolute atomic E-state index is 0.283. The first kappa shape index (κ1) is 14.9. The van der Waals surface area contributed by atoms with Crippen LogP contribution in [0.2, 0.25) is 0 Å². The second kappa shape index (κ2) is 7.31. The zero-order valence-corrected chi connectivity index (χ0v) is 12.3. The molecule has 4 heteroatoms. The monoisotopic (exact) mass is 276 g/mol. The Balaban J connectivity index is 2.05. The molecular weight excluding hydrogens is 252 g/mol. The largest absolute Gasteiger partial charge is 0.493 e. The van der Waals surface area contributed by atoms with Crippen molar-refractivity contribution in [1.82, 2.24) is 4.90 Å². The minimum Gasteiger partial charge on any atom is -0.493 e. The minimum atomic E-state index is 0.283. The zero-order valence-electron chi connectivity index (χ0n) is 12.3. The van der Waals surface area contributed by atoms with E-state index in [4.69, 9.17) is 15.2 Å². The van der Waals surface area contributed by atoms with Gasteiger partial charge in [0, 0.05) is 19.6 Å². The Hall–Kier alpha value is -1.52. The van der Waals surface area contributed by atoms with Crippen LogP contribution in [0.3, 0.4) is 0 Å². The molecule has 0 aromatic heterocycles. The van der Waals surface area contributed by atoms with Crippen molar-refractivity contribution < 1.29 is 9.47 Å². The van der Waals surface area contributed by atoms with Gasteiger partial charge >= 0.3 is 0 Å². The van der Waals surface area contributed by atoms with Crippen LogP contribution in [-0.2, 0) is 0 Å². The summed E-state index contributed by atoms with van der Waals surface area (Å²) in [6.45, 7) is 2.71. The van der Waals surface area contributed by atoms with Crippen molar-refractivity contribution in [3.05, 3.63) is 29.8 Å². The highest BCUT2D eigenvalue weighted by atomic mass is 16.5. The molecule has 2 N–H and O–H groups in total. The average Bonchev–Trinajstić information content (AvgIpc) is 2.48. The summed E-state index contributed by atoms with van der Waals surface area (Å²) in [5.74, 6) is 1.61. The number of likely N-dealkylation sites (tertiary alicyclic amines) is 1. The average molecular weight is 276 g/mol. The van der Waals surface area contributed by atoms with E-state index in [9.17, 15) is 0 Å². The van der Waals surface area contributed by atoms with Crippen molar-refractivity contribution in [3.63, 3.8) is 0 Å². The number of benzene rings is 1. The predicted octanol–water partition coefficient (Wildman–Crippen LogP) is 2.14. The number of ether oxygens (including phenoxy) is 2. The molecule has 20 heavy (non-hydrogen) atoms. The Morgan fingerprint density at radius 2 is 2.05 bits per heavy atom. The summed E-state index contributed by atoms with van der Waals surface area (Å²) in [4.78, 5) is 2.33. The van der Waals surface area contributed by atoms with Gasteiger partial charge in [-0.1, -0.05) is 18.2 Å². The molecule has 1 aromatic rings. The van der Waals surface area contributed by atoms with Gasteiger partial charge in [0.25, 0.3) is 0 Å². The Morgan fingerprint density at radius 3 is 2.70 bits per heavy atom. The predicted molar refractivity (Wildman–Crippen MR) is 82.2 cm³/mol. The van der Waals surface area contributed by atoms with E-state index in [1.807, 2.05) is 30.4 Å². The molecule has 0 aliphatic carbocycles. The van der Waals surface area contributed by atoms with Crippen LogP contribution in [0, 0.1) is 0 Å². The van der Waals surface area contributed by atoms with Gasteiger partial charge in [-0.2, -0.15) is 0 Å². The first-order valence-corrected chi connectivity index (χ1v) is 7.12. The molecule has 1 aliphatic heterocycles. The molecule has 4 nitrogen and oxygen atoms in total. The van der Waals surface area contributed by atoms with Gasteiger partial charge in [-0.15, -0.1) is 0 Å². The number of nitrogens with two attached hydrogens (primary N) is 1. The van der Waals surface area contributed by atoms with E-state index < -0.39 is 0 Å². The van der Waals surface area contributed by atoms with Gasteiger partial charge in [-0.05, 0) is 37.6 Å². The Bertz CT molecular complexity index is 452. The van der Waals surface area contributed by atoms with Crippen molar-refractivity contribution >= 4 is 6.08 Å². The van der Waals surface area contributed by atoms with Gasteiger partial charge < -0.3 is 20.1 Å². The summed E-state index contributed by atoms with van der Waals surface area (Å²) in [6.07, 6.45) is 6.32. The molecule has 0 atom stereocenters. The van der Waals surface area contributed by atoms with E-state index in [1.54, 1.807) is 7.11 Å². The first-order valence-electron chi connectivity index (χ1n) is 7.12. The smallest absolute Gasteiger partial charge is 0.161 e. The second-order valence-electron chi connectivity index (χ2n) is 5.17. The fraction of sp³-hybridized carbons (Fsp3) is 0.500. The second-order valence-corrected chi connectivity index (χ2v) is 5.17. The third kappa shape index (κ3) is 3.99. The molecular formula is C16H24N2O2. The molecule has 1 aromatic carbocycles. The highest BCUT2D eigenvalue weighted by Crippen LogP contribution is 2.30. The molecule has 1 aliphatic rings. The molecule has 2 rings (SSSR count). The lowest BCUT2D eigenvalue weighted by Gasteiger charge is -2.29. The maximum atomic E-state index is 6.08. The summed E-state index contributed by atoms with van der Waals surface area (Å²) in [5.41, 5.74) is 6.54. The van der Waals surface area contributed by atoms with Crippen LogP contribution in [0.1, 0.15) is 18.4 Å². The maximum Gasteiger partial charge on any atom is 0.161 e. The van der Waals surface area contributed by atoms with Crippen LogP contribution >= 0.6 is 0 Å². The van der Waals surface area contributed by atoms with Crippen molar-refractivity contribution in [2.45, 2.75) is 18.9 Å². The number of nitrogens with zero attached hydrogens (tertiary/aromatic N) is 1. The van der Waals surface area contributed by atoms with Gasteiger partial charge in [0.2, 0.25) is 0 Å². The van der Waals surface area contributed by atoms with E-state index in [2.05, 4.69) is 11.9 Å². The lowest BCUT2D eigenvalue weighted by molar-refractivity contribution is 0.111. The van der Waals surface area contributed by atoms with E-state index in [1.165, 1.54) is 0 Å². The maximum absolute atomic E-state index is 6.08. The molecule has 1 heterocycles. The van der Waals surface area contributed by atoms with Gasteiger partial charge in [0.1, 0.15) is 6.10 Å². The molecule has 0 amide bonds. The van der Waals surface area contributed by atoms with Crippen LogP contribution in [0.15, 0.2) is 24.3 Å². The van der Waals surface area contributed by atoms with Crippen molar-refractivity contribution in [1.29, 1.82) is 0 Å². The molecule has 0 unspecified atom stereocenters. The number of hydrogen-bond acceptors (Lipinski definition) is 4. The van der Waals surface area contributed by atoms with E-state index in [0.29, 0.717) is 6.54 Å². The summed E-state index contributed by atoms with van der Waals surface area (Å²) in [6, 6.07) is 5.99. The molecule has 0 spiro atoms. The Morgan fingerprint density at radius 1 is 1.30 bits per heavy atom. The SMILES string of the molecule is COc1cc(/C=C/CN)ccc1OC1CCN(C)CC1. The zero-order chi connectivity index (χ0) is 14.4. The lowest BCUT2D eigenvalue weighted by Crippen LogP contribution is -2.35. The number of methoxy groups -OCH3 is 1. The van der Waals surface area contributed by atoms with Crippen LogP contribution < -0.4 is 15.2 Å². The summed E-state index contributed by atoms with van der Waals surface area (Å²) in [5, 5.41) is 0. The third-order valence-corrected chi connectivity index (χ3v) is 3.59. The van der Waals surface area contributed by atoms with E-state index >= 15 is 0 Å². The van der Waals surface area contributed by atoms with Crippen molar-refractivity contribution in [2.24, 2.45) is 5.73 Å². The first-order chi connectivity index (χ1) is 9.72. The normalized spacial score (nSPS) is 17.6. The highest BCUT2D eigenvalue weighted by Gasteiger charge is 2.19. The van der Waals surface area contributed by atoms with E-state index in [-0.39, 0.29) is 6.10 Å². The van der Waals surface area contributed by atoms with Crippen LogP contribution in [0.25, 0.3) is 6.08 Å². The topological polar surface area (TPSA) is 47.7 Å². The fourth-order valence-electron chi connectivity index (χ4n) is 2.37. The molecule has 1 fully saturated rings. The van der Waals surface area contributed by atoms with Crippen molar-refractivity contribution in [2.75, 3.05) is 33.8 Å². The highest BCUT2D eigenvalue weighted by molar-refractivity contribution is 5.56. The lowest BCUT2D eigenvalue weighted by atomic mass is 10.1. The Kier molecular flexibility index (Phi) is 5.44. The standard InChI is InChI=1S/C16H24N2O2/c1-18-10-7-14(8-11-18)20-15-6-5-13(4-3-9-17)12-16(15)19-2/h3-6,12,14H,7-11,17H2,1-2H3/b4-3+. The van der Waals surface area contributed by atoms with Gasteiger partial charge in [0.15, 0.2) is 11.5 Å². The van der Waals surface area contributed by atoms with Crippen LogP contribution in [0.5, 0.6) is 11.5 Å². The summed E-state index contributed by atoms with van der Waals surface area (Å²) >= 11 is 0. The number of hydrogen-bond donors (Lipinski definition) is 1. The quantitative estimate of drug-likeness (QED) is 0.895. The van der Waals surface area contributed by atoms with Gasteiger partial charge in [-0.25, -0.2) is 0 Å². The summed E-state index contributed by atoms with van der Waals surface area (Å²) < 4.78 is 11.5. The molecule has 110 valence electrons. The molecule has 0 radical (unpaired) electrons. The third-order valence-electron chi connectivity index (χ3n) is 3.59. The fourth-order valence-corrected chi connectivity index (χ4v) is 2.37. The van der Waals surface area contributed by atoms with Crippen LogP contribution in [-0.4, -0.2) is 44.8 Å². The van der Waals surface area contributed by atoms with E-state index in [0.717, 1.165) is 43.0 Å². The number of rotatable bonds is 5. The summed E-state index contributed by atoms with van der Waals surface area (Å²) in [7, 11) is 3.82. The number of piperidine rings is 1. The Labute approximate surface area is 121 Å². The van der Waals surface area contributed by atoms with Crippen LogP contribution in [0.4, 0.5) is 0 Å². The molecule has 1 saturated heterocycles. The molecule has 0 saturated carbocycles. The molecule has 0 bridgehead atoms.